The first kappa shape index (κ1) is 19.9. The van der Waals surface area contributed by atoms with Crippen molar-refractivity contribution in [3.8, 4) is 17.0 Å². The van der Waals surface area contributed by atoms with Crippen LogP contribution in [0.15, 0.2) is 60.7 Å². The van der Waals surface area contributed by atoms with Crippen LogP contribution >= 0.6 is 0 Å². The van der Waals surface area contributed by atoms with Crippen molar-refractivity contribution in [1.29, 1.82) is 0 Å². The van der Waals surface area contributed by atoms with Gasteiger partial charge >= 0.3 is 0 Å². The summed E-state index contributed by atoms with van der Waals surface area (Å²) in [4.78, 5) is 14.7. The number of nitrogens with one attached hydrogen (secondary N) is 1. The average molecular weight is 402 g/mol. The van der Waals surface area contributed by atoms with Crippen LogP contribution in [0, 0.1) is 0 Å². The summed E-state index contributed by atoms with van der Waals surface area (Å²) in [6, 6.07) is 19.3. The molecule has 0 bridgehead atoms. The van der Waals surface area contributed by atoms with Gasteiger partial charge in [-0.15, -0.1) is 10.2 Å². The van der Waals surface area contributed by atoms with E-state index in [1.165, 1.54) is 19.3 Å². The predicted molar refractivity (Wildman–Crippen MR) is 119 cm³/mol. The van der Waals surface area contributed by atoms with E-state index in [-0.39, 0.29) is 12.3 Å². The maximum Gasteiger partial charge on any atom is 0.228 e. The Balaban J connectivity index is 1.38. The first-order chi connectivity index (χ1) is 14.7. The van der Waals surface area contributed by atoms with E-state index < -0.39 is 0 Å². The lowest BCUT2D eigenvalue weighted by atomic mass is 10.1. The lowest BCUT2D eigenvalue weighted by Crippen LogP contribution is -2.30. The summed E-state index contributed by atoms with van der Waals surface area (Å²) in [5, 5.41) is 11.7. The number of piperidine rings is 1. The van der Waals surface area contributed by atoms with Crippen molar-refractivity contribution in [2.75, 3.05) is 30.4 Å². The molecule has 2 aromatic carbocycles. The van der Waals surface area contributed by atoms with Crippen molar-refractivity contribution in [1.82, 2.24) is 10.2 Å². The van der Waals surface area contributed by atoms with Crippen LogP contribution in [-0.2, 0) is 11.2 Å². The fourth-order valence-corrected chi connectivity index (χ4v) is 3.72. The van der Waals surface area contributed by atoms with E-state index in [4.69, 9.17) is 4.74 Å². The SMILES string of the molecule is COc1ccccc1CC(=O)Nc1ccc(-c2ccc(N3CCCCC3)nn2)cc1. The number of amides is 1. The van der Waals surface area contributed by atoms with Crippen LogP contribution in [0.4, 0.5) is 11.5 Å². The van der Waals surface area contributed by atoms with Gasteiger partial charge in [-0.25, -0.2) is 0 Å². The fourth-order valence-electron chi connectivity index (χ4n) is 3.72. The van der Waals surface area contributed by atoms with Gasteiger partial charge in [-0.2, -0.15) is 0 Å². The smallest absolute Gasteiger partial charge is 0.228 e. The second kappa shape index (κ2) is 9.39. The summed E-state index contributed by atoms with van der Waals surface area (Å²) >= 11 is 0. The van der Waals surface area contributed by atoms with Crippen LogP contribution in [0.3, 0.4) is 0 Å². The van der Waals surface area contributed by atoms with E-state index in [0.717, 1.165) is 47.2 Å². The minimum absolute atomic E-state index is 0.0853. The monoisotopic (exact) mass is 402 g/mol. The van der Waals surface area contributed by atoms with Gasteiger partial charge in [0.25, 0.3) is 0 Å². The standard InChI is InChI=1S/C24H26N4O2/c1-30-22-8-4-3-7-19(22)17-24(29)25-20-11-9-18(10-12-20)21-13-14-23(27-26-21)28-15-5-2-6-16-28/h3-4,7-14H,2,5-6,15-17H2,1H3,(H,25,29). The highest BCUT2D eigenvalue weighted by atomic mass is 16.5. The Hall–Kier alpha value is -3.41. The third kappa shape index (κ3) is 4.76. The summed E-state index contributed by atoms with van der Waals surface area (Å²) in [6.07, 6.45) is 3.99. The normalized spacial score (nSPS) is 13.7. The zero-order valence-corrected chi connectivity index (χ0v) is 17.2. The van der Waals surface area contributed by atoms with Gasteiger partial charge in [-0.05, 0) is 49.6 Å². The third-order valence-corrected chi connectivity index (χ3v) is 5.34. The second-order valence-electron chi connectivity index (χ2n) is 7.44. The molecular weight excluding hydrogens is 376 g/mol. The largest absolute Gasteiger partial charge is 0.496 e. The number of aromatic nitrogens is 2. The fraction of sp³-hybridized carbons (Fsp3) is 0.292. The molecule has 1 N–H and O–H groups in total. The van der Waals surface area contributed by atoms with Gasteiger partial charge in [0.05, 0.1) is 19.2 Å². The first-order valence-electron chi connectivity index (χ1n) is 10.3. The number of nitrogens with zero attached hydrogens (tertiary/aromatic N) is 3. The highest BCUT2D eigenvalue weighted by Gasteiger charge is 2.13. The Morgan fingerprint density at radius 3 is 2.43 bits per heavy atom. The molecule has 0 atom stereocenters. The van der Waals surface area contributed by atoms with E-state index >= 15 is 0 Å². The van der Waals surface area contributed by atoms with E-state index in [1.807, 2.05) is 60.7 Å². The molecule has 1 amide bonds. The number of anilines is 2. The Kier molecular flexibility index (Phi) is 6.23. The van der Waals surface area contributed by atoms with Crippen molar-refractivity contribution in [3.63, 3.8) is 0 Å². The molecule has 1 saturated heterocycles. The van der Waals surface area contributed by atoms with E-state index in [9.17, 15) is 4.79 Å². The second-order valence-corrected chi connectivity index (χ2v) is 7.44. The van der Waals surface area contributed by atoms with Crippen LogP contribution in [0.25, 0.3) is 11.3 Å². The molecule has 0 radical (unpaired) electrons. The summed E-state index contributed by atoms with van der Waals surface area (Å²) in [5.41, 5.74) is 3.40. The number of benzene rings is 2. The van der Waals surface area contributed by atoms with E-state index in [0.29, 0.717) is 0 Å². The number of carbonyl (C=O) groups excluding carboxylic acids is 1. The topological polar surface area (TPSA) is 67.3 Å². The van der Waals surface area contributed by atoms with Gasteiger partial charge in [-0.3, -0.25) is 4.79 Å². The zero-order valence-electron chi connectivity index (χ0n) is 17.2. The van der Waals surface area contributed by atoms with Crippen LogP contribution in [0.1, 0.15) is 24.8 Å². The Bertz CT molecular complexity index is 981. The molecule has 6 nitrogen and oxygen atoms in total. The van der Waals surface area contributed by atoms with Gasteiger partial charge in [0.2, 0.25) is 5.91 Å². The molecule has 1 aliphatic rings. The number of hydrogen-bond donors (Lipinski definition) is 1. The molecule has 6 heteroatoms. The van der Waals surface area contributed by atoms with Crippen LogP contribution < -0.4 is 15.0 Å². The van der Waals surface area contributed by atoms with E-state index in [2.05, 4.69) is 20.4 Å². The van der Waals surface area contributed by atoms with E-state index in [1.54, 1.807) is 7.11 Å². The summed E-state index contributed by atoms with van der Waals surface area (Å²) < 4.78 is 5.31. The third-order valence-electron chi connectivity index (χ3n) is 5.34. The molecule has 1 fully saturated rings. The number of hydrogen-bond acceptors (Lipinski definition) is 5. The molecule has 0 spiro atoms. The maximum atomic E-state index is 12.4. The van der Waals surface area contributed by atoms with Gasteiger partial charge in [0.1, 0.15) is 5.75 Å². The Labute approximate surface area is 176 Å². The summed E-state index contributed by atoms with van der Waals surface area (Å²) in [5.74, 6) is 1.58. The molecule has 3 aromatic rings. The van der Waals surface area contributed by atoms with Crippen LogP contribution in [0.5, 0.6) is 5.75 Å². The molecule has 0 saturated carbocycles. The molecule has 1 aromatic heterocycles. The number of carbonyl (C=O) groups is 1. The number of para-hydroxylation sites is 1. The molecule has 154 valence electrons. The maximum absolute atomic E-state index is 12.4. The molecule has 1 aliphatic heterocycles. The number of ether oxygens (including phenoxy) is 1. The number of methoxy groups -OCH3 is 1. The lowest BCUT2D eigenvalue weighted by molar-refractivity contribution is -0.115. The van der Waals surface area contributed by atoms with Gasteiger partial charge in [0, 0.05) is 29.9 Å². The van der Waals surface area contributed by atoms with Gasteiger partial charge < -0.3 is 15.0 Å². The van der Waals surface area contributed by atoms with Crippen LogP contribution in [0.2, 0.25) is 0 Å². The molecular formula is C24H26N4O2. The summed E-state index contributed by atoms with van der Waals surface area (Å²) in [7, 11) is 1.61. The highest BCUT2D eigenvalue weighted by Crippen LogP contribution is 2.23. The van der Waals surface area contributed by atoms with Crippen LogP contribution in [-0.4, -0.2) is 36.3 Å². The summed E-state index contributed by atoms with van der Waals surface area (Å²) in [6.45, 7) is 2.11. The lowest BCUT2D eigenvalue weighted by Gasteiger charge is -2.27. The van der Waals surface area contributed by atoms with Crippen molar-refractivity contribution in [3.05, 3.63) is 66.2 Å². The Morgan fingerprint density at radius 1 is 0.967 bits per heavy atom. The Morgan fingerprint density at radius 2 is 1.73 bits per heavy atom. The highest BCUT2D eigenvalue weighted by molar-refractivity contribution is 5.92. The minimum atomic E-state index is -0.0853. The van der Waals surface area contributed by atoms with Gasteiger partial charge in [-0.1, -0.05) is 30.3 Å². The van der Waals surface area contributed by atoms with Crippen molar-refractivity contribution >= 4 is 17.4 Å². The molecule has 0 unspecified atom stereocenters. The zero-order chi connectivity index (χ0) is 20.8. The van der Waals surface area contributed by atoms with Crippen molar-refractivity contribution in [2.24, 2.45) is 0 Å². The van der Waals surface area contributed by atoms with Gasteiger partial charge in [0.15, 0.2) is 5.82 Å². The van der Waals surface area contributed by atoms with Crippen molar-refractivity contribution in [2.45, 2.75) is 25.7 Å². The average Bonchev–Trinajstić information content (AvgIpc) is 2.80. The number of rotatable bonds is 6. The predicted octanol–water partition coefficient (Wildman–Crippen LogP) is 4.32. The quantitative estimate of drug-likeness (QED) is 0.665. The molecule has 2 heterocycles. The molecule has 4 rings (SSSR count). The molecule has 0 aliphatic carbocycles. The first-order valence-corrected chi connectivity index (χ1v) is 10.3. The van der Waals surface area contributed by atoms with Crippen molar-refractivity contribution < 1.29 is 9.53 Å². The minimum Gasteiger partial charge on any atom is -0.496 e. The molecule has 30 heavy (non-hydrogen) atoms.